The van der Waals surface area contributed by atoms with E-state index in [1.54, 1.807) is 4.68 Å². The minimum absolute atomic E-state index is 0.00299. The van der Waals surface area contributed by atoms with Crippen molar-refractivity contribution in [1.82, 2.24) is 24.6 Å². The summed E-state index contributed by atoms with van der Waals surface area (Å²) < 4.78 is 1.79. The summed E-state index contributed by atoms with van der Waals surface area (Å²) in [6.07, 6.45) is 0. The van der Waals surface area contributed by atoms with Crippen molar-refractivity contribution in [2.75, 3.05) is 38.0 Å². The molecule has 2 amide bonds. The molecule has 0 radical (unpaired) electrons. The first-order valence-corrected chi connectivity index (χ1v) is 12.3. The number of aromatic nitrogens is 3. The zero-order valence-electron chi connectivity index (χ0n) is 21.0. The van der Waals surface area contributed by atoms with E-state index in [1.807, 2.05) is 71.6 Å². The van der Waals surface area contributed by atoms with Gasteiger partial charge in [0.05, 0.1) is 17.9 Å². The maximum Gasteiger partial charge on any atom is 0.270 e. The minimum atomic E-state index is -0.145. The first-order valence-electron chi connectivity index (χ1n) is 12.3. The van der Waals surface area contributed by atoms with Crippen LogP contribution in [0.1, 0.15) is 37.0 Å². The number of rotatable bonds is 5. The average molecular weight is 485 g/mol. The van der Waals surface area contributed by atoms with E-state index in [4.69, 9.17) is 5.10 Å². The molecule has 3 heterocycles. The summed E-state index contributed by atoms with van der Waals surface area (Å²) in [4.78, 5) is 33.1. The van der Waals surface area contributed by atoms with Crippen LogP contribution in [0, 0.1) is 0 Å². The molecule has 0 unspecified atom stereocenters. The van der Waals surface area contributed by atoms with Gasteiger partial charge in [0.2, 0.25) is 5.91 Å². The van der Waals surface area contributed by atoms with Gasteiger partial charge in [0.25, 0.3) is 5.91 Å². The lowest BCUT2D eigenvalue weighted by molar-refractivity contribution is -0.117. The Morgan fingerprint density at radius 2 is 1.64 bits per heavy atom. The fourth-order valence-corrected chi connectivity index (χ4v) is 4.46. The van der Waals surface area contributed by atoms with Crippen molar-refractivity contribution in [2.24, 2.45) is 0 Å². The van der Waals surface area contributed by atoms with Crippen molar-refractivity contribution in [1.29, 1.82) is 0 Å². The lowest BCUT2D eigenvalue weighted by Crippen LogP contribution is -2.50. The highest BCUT2D eigenvalue weighted by Crippen LogP contribution is 2.26. The molecule has 0 aliphatic carbocycles. The van der Waals surface area contributed by atoms with E-state index >= 15 is 0 Å². The second kappa shape index (κ2) is 9.62. The molecule has 8 nitrogen and oxygen atoms in total. The third-order valence-electron chi connectivity index (χ3n) is 6.53. The first kappa shape index (κ1) is 23.8. The predicted octanol–water partition coefficient (Wildman–Crippen LogP) is 4.05. The molecule has 36 heavy (non-hydrogen) atoms. The minimum Gasteiger partial charge on any atom is -0.351 e. The molecule has 0 spiro atoms. The highest BCUT2D eigenvalue weighted by atomic mass is 16.2. The number of fused-ring (bicyclic) bond motifs is 1. The largest absolute Gasteiger partial charge is 0.351 e. The topological polar surface area (TPSA) is 86.3 Å². The maximum absolute atomic E-state index is 13.0. The van der Waals surface area contributed by atoms with Gasteiger partial charge in [-0.3, -0.25) is 14.5 Å². The molecule has 2 N–H and O–H groups in total. The Balaban J connectivity index is 1.21. The van der Waals surface area contributed by atoms with Crippen LogP contribution in [0.15, 0.2) is 66.7 Å². The molecule has 5 rings (SSSR count). The van der Waals surface area contributed by atoms with Gasteiger partial charge < -0.3 is 15.2 Å². The number of hydrogen-bond acceptors (Lipinski definition) is 4. The number of amides is 2. The number of carbonyl (C=O) groups is 2. The number of piperazine rings is 1. The van der Waals surface area contributed by atoms with E-state index in [0.717, 1.165) is 22.3 Å². The second-order valence-corrected chi connectivity index (χ2v) is 10.3. The van der Waals surface area contributed by atoms with Crippen molar-refractivity contribution in [2.45, 2.75) is 26.2 Å². The van der Waals surface area contributed by atoms with Crippen LogP contribution in [-0.2, 0) is 10.2 Å². The molecule has 0 bridgehead atoms. The quantitative estimate of drug-likeness (QED) is 0.448. The van der Waals surface area contributed by atoms with Gasteiger partial charge in [-0.2, -0.15) is 5.10 Å². The molecule has 8 heteroatoms. The number of aromatic amines is 1. The predicted molar refractivity (Wildman–Crippen MR) is 142 cm³/mol. The second-order valence-electron chi connectivity index (χ2n) is 10.3. The SMILES string of the molecule is CC(C)(C)c1cc(NC(=O)CN2CCN(C(=O)c3cc4ccccc4[nH]3)CC2)n(-c2ccccc2)n1. The Labute approximate surface area is 210 Å². The molecule has 2 aromatic carbocycles. The van der Waals surface area contributed by atoms with E-state index in [9.17, 15) is 9.59 Å². The third-order valence-corrected chi connectivity index (χ3v) is 6.53. The van der Waals surface area contributed by atoms with Crippen LogP contribution in [0.4, 0.5) is 5.82 Å². The Bertz CT molecular complexity index is 1340. The van der Waals surface area contributed by atoms with Crippen molar-refractivity contribution < 1.29 is 9.59 Å². The smallest absolute Gasteiger partial charge is 0.270 e. The zero-order chi connectivity index (χ0) is 25.3. The molecule has 2 aromatic heterocycles. The first-order chi connectivity index (χ1) is 17.3. The van der Waals surface area contributed by atoms with Crippen LogP contribution < -0.4 is 5.32 Å². The van der Waals surface area contributed by atoms with Gasteiger partial charge in [0.15, 0.2) is 0 Å². The van der Waals surface area contributed by atoms with E-state index in [0.29, 0.717) is 37.7 Å². The standard InChI is InChI=1S/C28H32N6O2/c1-28(2,3)24-18-25(34(31-24)21-10-5-4-6-11-21)30-26(35)19-32-13-15-33(16-14-32)27(36)23-17-20-9-7-8-12-22(20)29-23/h4-12,17-18,29H,13-16,19H2,1-3H3,(H,30,35). The zero-order valence-corrected chi connectivity index (χ0v) is 21.0. The van der Waals surface area contributed by atoms with Gasteiger partial charge >= 0.3 is 0 Å². The lowest BCUT2D eigenvalue weighted by atomic mass is 9.92. The summed E-state index contributed by atoms with van der Waals surface area (Å²) in [6, 6.07) is 21.5. The maximum atomic E-state index is 13.0. The van der Waals surface area contributed by atoms with Gasteiger partial charge in [0.1, 0.15) is 11.5 Å². The molecule has 1 saturated heterocycles. The fraction of sp³-hybridized carbons (Fsp3) is 0.321. The van der Waals surface area contributed by atoms with Crippen molar-refractivity contribution in [3.63, 3.8) is 0 Å². The van der Waals surface area contributed by atoms with Gasteiger partial charge in [-0.1, -0.05) is 57.2 Å². The van der Waals surface area contributed by atoms with E-state index in [2.05, 4.69) is 36.0 Å². The molecule has 1 fully saturated rings. The van der Waals surface area contributed by atoms with E-state index in [1.165, 1.54) is 0 Å². The van der Waals surface area contributed by atoms with Crippen LogP contribution in [0.25, 0.3) is 16.6 Å². The summed E-state index contributed by atoms with van der Waals surface area (Å²) in [6.45, 7) is 9.02. The molecule has 1 aliphatic heterocycles. The van der Waals surface area contributed by atoms with Gasteiger partial charge in [0, 0.05) is 48.6 Å². The number of hydrogen-bond donors (Lipinski definition) is 2. The molecule has 0 saturated carbocycles. The van der Waals surface area contributed by atoms with Gasteiger partial charge in [-0.05, 0) is 24.3 Å². The lowest BCUT2D eigenvalue weighted by Gasteiger charge is -2.34. The van der Waals surface area contributed by atoms with Crippen LogP contribution in [0.5, 0.6) is 0 Å². The van der Waals surface area contributed by atoms with Crippen LogP contribution in [-0.4, -0.2) is 69.1 Å². The number of H-pyrrole nitrogens is 1. The highest BCUT2D eigenvalue weighted by Gasteiger charge is 2.26. The summed E-state index contributed by atoms with van der Waals surface area (Å²) >= 11 is 0. The van der Waals surface area contributed by atoms with Crippen molar-refractivity contribution in [3.8, 4) is 5.69 Å². The fourth-order valence-electron chi connectivity index (χ4n) is 4.46. The number of nitrogens with one attached hydrogen (secondary N) is 2. The van der Waals surface area contributed by atoms with E-state index < -0.39 is 0 Å². The normalized spacial score (nSPS) is 14.8. The molecule has 186 valence electrons. The number of anilines is 1. The Morgan fingerprint density at radius 3 is 2.33 bits per heavy atom. The average Bonchev–Trinajstić information content (AvgIpc) is 3.49. The molecular formula is C28H32N6O2. The summed E-state index contributed by atoms with van der Waals surface area (Å²) in [5, 5.41) is 8.85. The van der Waals surface area contributed by atoms with E-state index in [-0.39, 0.29) is 23.8 Å². The summed E-state index contributed by atoms with van der Waals surface area (Å²) in [5.74, 6) is 0.559. The molecular weight excluding hydrogens is 452 g/mol. The van der Waals surface area contributed by atoms with Crippen LogP contribution in [0.2, 0.25) is 0 Å². The Morgan fingerprint density at radius 1 is 0.944 bits per heavy atom. The van der Waals surface area contributed by atoms with Crippen molar-refractivity contribution >= 4 is 28.5 Å². The van der Waals surface area contributed by atoms with Crippen LogP contribution in [0.3, 0.4) is 0 Å². The number of nitrogens with zero attached hydrogens (tertiary/aromatic N) is 4. The molecule has 4 aromatic rings. The Hall–Kier alpha value is -3.91. The van der Waals surface area contributed by atoms with Gasteiger partial charge in [-0.15, -0.1) is 0 Å². The molecule has 1 aliphatic rings. The highest BCUT2D eigenvalue weighted by molar-refractivity contribution is 5.98. The third kappa shape index (κ3) is 5.04. The van der Waals surface area contributed by atoms with Crippen LogP contribution >= 0.6 is 0 Å². The number of carbonyl (C=O) groups excluding carboxylic acids is 2. The monoisotopic (exact) mass is 484 g/mol. The number of benzene rings is 2. The summed E-state index contributed by atoms with van der Waals surface area (Å²) in [7, 11) is 0. The van der Waals surface area contributed by atoms with Crippen molar-refractivity contribution in [3.05, 3.63) is 78.1 Å². The Kier molecular flexibility index (Phi) is 6.36. The molecule has 0 atom stereocenters. The summed E-state index contributed by atoms with van der Waals surface area (Å²) in [5.41, 5.74) is 3.22. The van der Waals surface area contributed by atoms with Gasteiger partial charge in [-0.25, -0.2) is 4.68 Å². The number of para-hydroxylation sites is 2.